The monoisotopic (exact) mass is 498 g/mol. The number of fused-ring (bicyclic) bond motifs is 1. The average Bonchev–Trinajstić information content (AvgIpc) is 3.32. The minimum Gasteiger partial charge on any atom is -0.354 e. The molecule has 4 aromatic rings. The van der Waals surface area contributed by atoms with Gasteiger partial charge in [-0.15, -0.1) is 0 Å². The topological polar surface area (TPSA) is 86.3 Å². The number of likely N-dealkylation sites (N-methyl/N-ethyl adjacent to an activating group) is 1. The van der Waals surface area contributed by atoms with Crippen LogP contribution in [0.3, 0.4) is 0 Å². The fourth-order valence-electron chi connectivity index (χ4n) is 4.89. The number of hydrogen-bond acceptors (Lipinski definition) is 5. The first-order chi connectivity index (χ1) is 17.8. The van der Waals surface area contributed by atoms with E-state index in [4.69, 9.17) is 0 Å². The predicted molar refractivity (Wildman–Crippen MR) is 148 cm³/mol. The molecule has 2 N–H and O–H groups in total. The van der Waals surface area contributed by atoms with Crippen LogP contribution < -0.4 is 15.8 Å². The number of aromatic nitrogens is 3. The van der Waals surface area contributed by atoms with Crippen LogP contribution in [0.4, 0.5) is 5.82 Å². The van der Waals surface area contributed by atoms with Crippen LogP contribution in [0.1, 0.15) is 41.5 Å². The van der Waals surface area contributed by atoms with Gasteiger partial charge in [0.1, 0.15) is 5.82 Å². The predicted octanol–water partition coefficient (Wildman–Crippen LogP) is 3.96. The van der Waals surface area contributed by atoms with Crippen molar-refractivity contribution in [2.75, 3.05) is 38.1 Å². The van der Waals surface area contributed by atoms with Gasteiger partial charge in [0, 0.05) is 78.9 Å². The molecule has 37 heavy (non-hydrogen) atoms. The Morgan fingerprint density at radius 3 is 2.57 bits per heavy atom. The molecule has 1 saturated heterocycles. The van der Waals surface area contributed by atoms with Crippen molar-refractivity contribution in [1.82, 2.24) is 24.8 Å². The second-order valence-corrected chi connectivity index (χ2v) is 10.1. The number of carbonyl (C=O) groups excluding carboxylic acids is 1. The molecule has 1 aromatic carbocycles. The Kier molecular flexibility index (Phi) is 6.84. The third-order valence-electron chi connectivity index (χ3n) is 7.12. The summed E-state index contributed by atoms with van der Waals surface area (Å²) in [7, 11) is 2.14. The van der Waals surface area contributed by atoms with Gasteiger partial charge in [0.05, 0.1) is 0 Å². The maximum absolute atomic E-state index is 13.5. The third-order valence-corrected chi connectivity index (χ3v) is 7.12. The van der Waals surface area contributed by atoms with E-state index in [1.807, 2.05) is 43.6 Å². The van der Waals surface area contributed by atoms with Crippen LogP contribution in [0, 0.1) is 6.92 Å². The molecule has 1 aliphatic rings. The van der Waals surface area contributed by atoms with Crippen LogP contribution in [-0.2, 0) is 6.54 Å². The number of rotatable bonds is 6. The molecule has 1 fully saturated rings. The quantitative estimate of drug-likeness (QED) is 0.420. The number of hydrogen-bond donors (Lipinski definition) is 2. The van der Waals surface area contributed by atoms with E-state index in [9.17, 15) is 9.59 Å². The molecule has 4 heterocycles. The molecule has 3 aromatic heterocycles. The molecule has 0 aliphatic carbocycles. The number of nitrogens with one attached hydrogen (secondary N) is 2. The Balaban J connectivity index is 1.51. The fourth-order valence-corrected chi connectivity index (χ4v) is 4.89. The largest absolute Gasteiger partial charge is 0.354 e. The molecule has 1 amide bonds. The van der Waals surface area contributed by atoms with E-state index in [0.29, 0.717) is 11.1 Å². The molecule has 8 heteroatoms. The highest BCUT2D eigenvalue weighted by molar-refractivity contribution is 6.08. The highest BCUT2D eigenvalue weighted by atomic mass is 16.1. The zero-order valence-electron chi connectivity index (χ0n) is 21.9. The zero-order valence-corrected chi connectivity index (χ0v) is 21.9. The summed E-state index contributed by atoms with van der Waals surface area (Å²) in [6, 6.07) is 14.0. The summed E-state index contributed by atoms with van der Waals surface area (Å²) >= 11 is 0. The first-order valence-electron chi connectivity index (χ1n) is 12.8. The summed E-state index contributed by atoms with van der Waals surface area (Å²) in [4.78, 5) is 37.8. The molecular formula is C29H34N6O2. The molecule has 192 valence electrons. The Morgan fingerprint density at radius 2 is 1.84 bits per heavy atom. The maximum atomic E-state index is 13.5. The third kappa shape index (κ3) is 5.15. The first kappa shape index (κ1) is 24.8. The van der Waals surface area contributed by atoms with Gasteiger partial charge >= 0.3 is 0 Å². The summed E-state index contributed by atoms with van der Waals surface area (Å²) in [5, 5.41) is 3.85. The summed E-state index contributed by atoms with van der Waals surface area (Å²) in [6.45, 7) is 10.2. The lowest BCUT2D eigenvalue weighted by Crippen LogP contribution is -2.44. The number of benzene rings is 1. The highest BCUT2D eigenvalue weighted by Crippen LogP contribution is 2.31. The number of amides is 1. The molecule has 0 bridgehead atoms. The van der Waals surface area contributed by atoms with E-state index in [1.54, 1.807) is 6.07 Å². The van der Waals surface area contributed by atoms with Gasteiger partial charge in [0.15, 0.2) is 0 Å². The van der Waals surface area contributed by atoms with Gasteiger partial charge in [0.25, 0.3) is 11.5 Å². The van der Waals surface area contributed by atoms with Crippen molar-refractivity contribution in [3.05, 3.63) is 82.0 Å². The van der Waals surface area contributed by atoms with Crippen LogP contribution in [0.15, 0.2) is 59.7 Å². The van der Waals surface area contributed by atoms with E-state index in [0.717, 1.165) is 59.7 Å². The summed E-state index contributed by atoms with van der Waals surface area (Å²) < 4.78 is 2.18. The number of aromatic amines is 1. The molecule has 0 atom stereocenters. The van der Waals surface area contributed by atoms with Gasteiger partial charge in [-0.1, -0.05) is 6.07 Å². The van der Waals surface area contributed by atoms with Gasteiger partial charge in [-0.25, -0.2) is 4.98 Å². The maximum Gasteiger partial charge on any atom is 0.253 e. The van der Waals surface area contributed by atoms with E-state index in [-0.39, 0.29) is 24.1 Å². The lowest BCUT2D eigenvalue weighted by atomic mass is 10.00. The van der Waals surface area contributed by atoms with E-state index in [1.165, 1.54) is 0 Å². The van der Waals surface area contributed by atoms with E-state index in [2.05, 4.69) is 62.7 Å². The molecule has 0 unspecified atom stereocenters. The van der Waals surface area contributed by atoms with Crippen LogP contribution in [0.2, 0.25) is 0 Å². The van der Waals surface area contributed by atoms with E-state index >= 15 is 0 Å². The molecule has 1 aliphatic heterocycles. The van der Waals surface area contributed by atoms with Crippen molar-refractivity contribution in [1.29, 1.82) is 0 Å². The lowest BCUT2D eigenvalue weighted by molar-refractivity contribution is 0.0952. The normalized spacial score (nSPS) is 14.5. The Bertz CT molecular complexity index is 1490. The van der Waals surface area contributed by atoms with Gasteiger partial charge < -0.3 is 24.7 Å². The number of aryl methyl sites for hydroxylation is 1. The summed E-state index contributed by atoms with van der Waals surface area (Å²) in [6.07, 6.45) is 3.88. The standard InChI is InChI=1S/C29H34N6O2/c1-19(2)35-10-8-24-25(29(37)31-18-22-6-5-20(3)32-28(22)36)15-23(16-26(24)35)21-7-9-30-27(17-21)34-13-11-33(4)12-14-34/h5-10,15-17,19H,11-14,18H2,1-4H3,(H,31,37)(H,32,36). The van der Waals surface area contributed by atoms with Gasteiger partial charge in [-0.2, -0.15) is 0 Å². The minimum atomic E-state index is -0.207. The molecule has 0 spiro atoms. The van der Waals surface area contributed by atoms with Crippen LogP contribution >= 0.6 is 0 Å². The van der Waals surface area contributed by atoms with E-state index < -0.39 is 0 Å². The SMILES string of the molecule is Cc1ccc(CNC(=O)c2cc(-c3ccnc(N4CCN(C)CC4)c3)cc3c2ccn3C(C)C)c(=O)[nH]1. The van der Waals surface area contributed by atoms with Crippen molar-refractivity contribution < 1.29 is 4.79 Å². The number of pyridine rings is 2. The van der Waals surface area contributed by atoms with Gasteiger partial charge in [-0.3, -0.25) is 9.59 Å². The fraction of sp³-hybridized carbons (Fsp3) is 0.345. The van der Waals surface area contributed by atoms with Gasteiger partial charge in [-0.05, 0) is 75.3 Å². The number of H-pyrrole nitrogens is 1. The Hall–Kier alpha value is -3.91. The Morgan fingerprint density at radius 1 is 1.05 bits per heavy atom. The highest BCUT2D eigenvalue weighted by Gasteiger charge is 2.19. The van der Waals surface area contributed by atoms with Crippen LogP contribution in [-0.4, -0.2) is 58.6 Å². The molecule has 0 radical (unpaired) electrons. The van der Waals surface area contributed by atoms with Crippen molar-refractivity contribution in [3.8, 4) is 11.1 Å². The molecular weight excluding hydrogens is 464 g/mol. The van der Waals surface area contributed by atoms with Crippen molar-refractivity contribution in [2.45, 2.75) is 33.4 Å². The van der Waals surface area contributed by atoms with Crippen molar-refractivity contribution in [3.63, 3.8) is 0 Å². The number of carbonyl (C=O) groups is 1. The smallest absolute Gasteiger partial charge is 0.253 e. The van der Waals surface area contributed by atoms with Crippen molar-refractivity contribution in [2.24, 2.45) is 0 Å². The average molecular weight is 499 g/mol. The zero-order chi connectivity index (χ0) is 26.1. The second-order valence-electron chi connectivity index (χ2n) is 10.1. The lowest BCUT2D eigenvalue weighted by Gasteiger charge is -2.33. The number of anilines is 1. The summed E-state index contributed by atoms with van der Waals surface area (Å²) in [5.74, 6) is 0.746. The molecule has 8 nitrogen and oxygen atoms in total. The van der Waals surface area contributed by atoms with Gasteiger partial charge in [0.2, 0.25) is 0 Å². The van der Waals surface area contributed by atoms with Crippen LogP contribution in [0.5, 0.6) is 0 Å². The summed E-state index contributed by atoms with van der Waals surface area (Å²) in [5.41, 5.74) is 4.71. The van der Waals surface area contributed by atoms with Crippen molar-refractivity contribution >= 4 is 22.6 Å². The molecule has 5 rings (SSSR count). The minimum absolute atomic E-state index is 0.161. The van der Waals surface area contributed by atoms with Crippen LogP contribution in [0.25, 0.3) is 22.0 Å². The first-order valence-corrected chi connectivity index (χ1v) is 12.8. The number of nitrogens with zero attached hydrogens (tertiary/aromatic N) is 4. The molecule has 0 saturated carbocycles. The Labute approximate surface area is 216 Å². The second kappa shape index (κ2) is 10.2. The number of piperazine rings is 1.